The highest BCUT2D eigenvalue weighted by Gasteiger charge is 2.39. The number of carbonyl (C=O) groups is 4. The maximum atomic E-state index is 11.8. The van der Waals surface area contributed by atoms with Gasteiger partial charge in [0.05, 0.1) is 6.42 Å². The fourth-order valence-electron chi connectivity index (χ4n) is 2.72. The molecule has 4 amide bonds. The molecule has 2 fully saturated rings. The molecular formula is C13H19N3O5. The molecule has 2 aliphatic rings. The summed E-state index contributed by atoms with van der Waals surface area (Å²) in [6.07, 6.45) is 3.02. The molecular weight excluding hydrogens is 278 g/mol. The maximum absolute atomic E-state index is 11.8. The molecule has 0 aromatic carbocycles. The number of amides is 4. The quantitative estimate of drug-likeness (QED) is 0.520. The van der Waals surface area contributed by atoms with Crippen molar-refractivity contribution in [3.63, 3.8) is 0 Å². The van der Waals surface area contributed by atoms with Gasteiger partial charge < -0.3 is 15.7 Å². The summed E-state index contributed by atoms with van der Waals surface area (Å²) in [6, 6.07) is -1.24. The van der Waals surface area contributed by atoms with Crippen LogP contribution < -0.4 is 16.0 Å². The van der Waals surface area contributed by atoms with E-state index in [1.807, 2.05) is 0 Å². The minimum Gasteiger partial charge on any atom is -0.481 e. The van der Waals surface area contributed by atoms with Gasteiger partial charge in [0.2, 0.25) is 11.8 Å². The Hall–Kier alpha value is -2.12. The second-order valence-electron chi connectivity index (χ2n) is 5.75. The molecule has 1 aliphatic heterocycles. The van der Waals surface area contributed by atoms with Gasteiger partial charge in [-0.2, -0.15) is 0 Å². The predicted octanol–water partition coefficient (Wildman–Crippen LogP) is -0.264. The molecule has 1 saturated carbocycles. The van der Waals surface area contributed by atoms with Crippen molar-refractivity contribution in [1.82, 2.24) is 16.0 Å². The average molecular weight is 297 g/mol. The van der Waals surface area contributed by atoms with E-state index in [0.29, 0.717) is 0 Å². The maximum Gasteiger partial charge on any atom is 0.315 e. The monoisotopic (exact) mass is 297 g/mol. The number of carbonyl (C=O) groups excluding carboxylic acids is 3. The van der Waals surface area contributed by atoms with E-state index in [2.05, 4.69) is 16.0 Å². The van der Waals surface area contributed by atoms with Crippen molar-refractivity contribution < 1.29 is 24.3 Å². The first-order valence-corrected chi connectivity index (χ1v) is 7.00. The van der Waals surface area contributed by atoms with E-state index in [9.17, 15) is 19.2 Å². The molecule has 0 radical (unpaired) electrons. The molecule has 21 heavy (non-hydrogen) atoms. The summed E-state index contributed by atoms with van der Waals surface area (Å²) in [5.74, 6) is -1.72. The van der Waals surface area contributed by atoms with Crippen LogP contribution in [0, 0.1) is 5.41 Å². The predicted molar refractivity (Wildman–Crippen MR) is 71.2 cm³/mol. The SMILES string of the molecule is O=C(O)CC1(CNC(=O)NC2CCC(=O)NC2=O)CCC1. The largest absolute Gasteiger partial charge is 0.481 e. The smallest absolute Gasteiger partial charge is 0.315 e. The zero-order chi connectivity index (χ0) is 15.5. The zero-order valence-electron chi connectivity index (χ0n) is 11.6. The number of urea groups is 1. The fraction of sp³-hybridized carbons (Fsp3) is 0.692. The van der Waals surface area contributed by atoms with E-state index >= 15 is 0 Å². The Morgan fingerprint density at radius 1 is 1.33 bits per heavy atom. The van der Waals surface area contributed by atoms with Crippen LogP contribution in [0.15, 0.2) is 0 Å². The van der Waals surface area contributed by atoms with Crippen molar-refractivity contribution in [1.29, 1.82) is 0 Å². The molecule has 4 N–H and O–H groups in total. The normalized spacial score (nSPS) is 23.7. The molecule has 1 atom stereocenters. The minimum absolute atomic E-state index is 0.0334. The van der Waals surface area contributed by atoms with E-state index in [0.717, 1.165) is 19.3 Å². The molecule has 0 aromatic heterocycles. The number of carboxylic acids is 1. The Morgan fingerprint density at radius 3 is 2.57 bits per heavy atom. The lowest BCUT2D eigenvalue weighted by Gasteiger charge is -2.40. The average Bonchev–Trinajstić information content (AvgIpc) is 2.35. The minimum atomic E-state index is -0.873. The molecule has 0 bridgehead atoms. The molecule has 1 unspecified atom stereocenters. The van der Waals surface area contributed by atoms with Gasteiger partial charge in [-0.3, -0.25) is 19.7 Å². The standard InChI is InChI=1S/C13H19N3O5/c17-9-3-2-8(11(20)16-9)15-12(21)14-7-13(4-1-5-13)6-10(18)19/h8H,1-7H2,(H,18,19)(H2,14,15,21)(H,16,17,20). The lowest BCUT2D eigenvalue weighted by molar-refractivity contribution is -0.141. The van der Waals surface area contributed by atoms with Crippen molar-refractivity contribution in [2.75, 3.05) is 6.54 Å². The van der Waals surface area contributed by atoms with Crippen molar-refractivity contribution in [3.05, 3.63) is 0 Å². The highest BCUT2D eigenvalue weighted by molar-refractivity contribution is 6.01. The topological polar surface area (TPSA) is 125 Å². The van der Waals surface area contributed by atoms with Gasteiger partial charge in [-0.15, -0.1) is 0 Å². The van der Waals surface area contributed by atoms with Gasteiger partial charge in [-0.1, -0.05) is 6.42 Å². The summed E-state index contributed by atoms with van der Waals surface area (Å²) in [7, 11) is 0. The number of imide groups is 1. The molecule has 1 aliphatic carbocycles. The number of rotatable bonds is 5. The van der Waals surface area contributed by atoms with E-state index in [1.165, 1.54) is 0 Å². The van der Waals surface area contributed by atoms with E-state index in [4.69, 9.17) is 5.11 Å². The molecule has 0 aromatic rings. The molecule has 1 saturated heterocycles. The molecule has 1 heterocycles. The summed E-state index contributed by atoms with van der Waals surface area (Å²) in [6.45, 7) is 0.276. The fourth-order valence-corrected chi connectivity index (χ4v) is 2.72. The van der Waals surface area contributed by atoms with Gasteiger partial charge in [0.1, 0.15) is 6.04 Å². The lowest BCUT2D eigenvalue weighted by atomic mass is 9.66. The second-order valence-corrected chi connectivity index (χ2v) is 5.75. The van der Waals surface area contributed by atoms with Crippen LogP contribution in [0.3, 0.4) is 0 Å². The summed E-state index contributed by atoms with van der Waals surface area (Å²) in [5, 5.41) is 16.2. The van der Waals surface area contributed by atoms with Gasteiger partial charge >= 0.3 is 12.0 Å². The third kappa shape index (κ3) is 3.93. The van der Waals surface area contributed by atoms with Crippen LogP contribution in [0.5, 0.6) is 0 Å². The second kappa shape index (κ2) is 6.11. The van der Waals surface area contributed by atoms with Gasteiger partial charge in [-0.25, -0.2) is 4.79 Å². The third-order valence-electron chi connectivity index (χ3n) is 4.11. The molecule has 0 spiro atoms. The van der Waals surface area contributed by atoms with Gasteiger partial charge in [0, 0.05) is 13.0 Å². The zero-order valence-corrected chi connectivity index (χ0v) is 11.6. The molecule has 2 rings (SSSR count). The van der Waals surface area contributed by atoms with Crippen LogP contribution in [0.1, 0.15) is 38.5 Å². The first-order valence-electron chi connectivity index (χ1n) is 7.00. The Morgan fingerprint density at radius 2 is 2.05 bits per heavy atom. The molecule has 116 valence electrons. The van der Waals surface area contributed by atoms with Crippen LogP contribution in [0.4, 0.5) is 4.79 Å². The Labute approximate surface area is 121 Å². The van der Waals surface area contributed by atoms with Gasteiger partial charge in [0.25, 0.3) is 0 Å². The highest BCUT2D eigenvalue weighted by Crippen LogP contribution is 2.43. The van der Waals surface area contributed by atoms with Crippen molar-refractivity contribution in [2.24, 2.45) is 5.41 Å². The number of nitrogens with one attached hydrogen (secondary N) is 3. The summed E-state index contributed by atoms with van der Waals surface area (Å²) >= 11 is 0. The number of hydrogen-bond donors (Lipinski definition) is 4. The summed E-state index contributed by atoms with van der Waals surface area (Å²) in [4.78, 5) is 45.1. The highest BCUT2D eigenvalue weighted by atomic mass is 16.4. The van der Waals surface area contributed by atoms with Crippen LogP contribution >= 0.6 is 0 Å². The molecule has 8 heteroatoms. The molecule has 8 nitrogen and oxygen atoms in total. The third-order valence-corrected chi connectivity index (χ3v) is 4.11. The number of carboxylic acid groups (broad SMARTS) is 1. The van der Waals surface area contributed by atoms with Crippen molar-refractivity contribution in [2.45, 2.75) is 44.6 Å². The summed E-state index contributed by atoms with van der Waals surface area (Å²) in [5.41, 5.74) is -0.367. The van der Waals surface area contributed by atoms with Crippen LogP contribution in [-0.2, 0) is 14.4 Å². The van der Waals surface area contributed by atoms with Crippen LogP contribution in [-0.4, -0.2) is 41.5 Å². The van der Waals surface area contributed by atoms with Crippen molar-refractivity contribution >= 4 is 23.8 Å². The Bertz CT molecular complexity index is 472. The number of piperidine rings is 1. The Kier molecular flexibility index (Phi) is 4.44. The van der Waals surface area contributed by atoms with E-state index in [-0.39, 0.29) is 37.1 Å². The number of aliphatic carboxylic acids is 1. The van der Waals surface area contributed by atoms with E-state index < -0.39 is 23.9 Å². The Balaban J connectivity index is 1.78. The van der Waals surface area contributed by atoms with Crippen LogP contribution in [0.25, 0.3) is 0 Å². The van der Waals surface area contributed by atoms with Crippen LogP contribution in [0.2, 0.25) is 0 Å². The van der Waals surface area contributed by atoms with Gasteiger partial charge in [0.15, 0.2) is 0 Å². The first kappa shape index (κ1) is 15.3. The van der Waals surface area contributed by atoms with Gasteiger partial charge in [-0.05, 0) is 24.7 Å². The lowest BCUT2D eigenvalue weighted by Crippen LogP contribution is -2.55. The number of hydrogen-bond acceptors (Lipinski definition) is 4. The summed E-state index contributed by atoms with van der Waals surface area (Å²) < 4.78 is 0. The van der Waals surface area contributed by atoms with E-state index in [1.54, 1.807) is 0 Å². The van der Waals surface area contributed by atoms with Crippen molar-refractivity contribution in [3.8, 4) is 0 Å². The first-order chi connectivity index (χ1) is 9.90.